The second kappa shape index (κ2) is 14.6. The van der Waals surface area contributed by atoms with Crippen molar-refractivity contribution in [3.05, 3.63) is 95.6 Å². The number of carbonyl (C=O) groups is 5. The van der Waals surface area contributed by atoms with Gasteiger partial charge in [0.05, 0.1) is 13.7 Å². The molecular formula is C32H34N4O7. The lowest BCUT2D eigenvalue weighted by Crippen LogP contribution is -2.54. The zero-order valence-corrected chi connectivity index (χ0v) is 23.9. The van der Waals surface area contributed by atoms with Crippen LogP contribution in [0, 0.1) is 0 Å². The smallest absolute Gasteiger partial charge is 0.407 e. The Kier molecular flexibility index (Phi) is 10.5. The Morgan fingerprint density at radius 1 is 0.744 bits per heavy atom. The van der Waals surface area contributed by atoms with Crippen molar-refractivity contribution >= 4 is 29.8 Å². The first-order valence-corrected chi connectivity index (χ1v) is 13.8. The second-order valence-corrected chi connectivity index (χ2v) is 10.0. The summed E-state index contributed by atoms with van der Waals surface area (Å²) in [5, 5.41) is 9.97. The van der Waals surface area contributed by atoms with Gasteiger partial charge in [0.15, 0.2) is 0 Å². The molecule has 0 radical (unpaired) electrons. The van der Waals surface area contributed by atoms with Crippen LogP contribution in [0.15, 0.2) is 78.9 Å². The maximum absolute atomic E-state index is 13.0. The number of ether oxygens (including phenoxy) is 2. The highest BCUT2D eigenvalue weighted by Gasteiger charge is 2.30. The van der Waals surface area contributed by atoms with Gasteiger partial charge in [0, 0.05) is 12.3 Å². The Morgan fingerprint density at radius 2 is 1.35 bits per heavy atom. The van der Waals surface area contributed by atoms with Crippen molar-refractivity contribution in [2.24, 2.45) is 0 Å². The Hall–Kier alpha value is -5.19. The molecule has 0 unspecified atom stereocenters. The molecule has 4 rings (SSSR count). The summed E-state index contributed by atoms with van der Waals surface area (Å²) >= 11 is 0. The van der Waals surface area contributed by atoms with Gasteiger partial charge >= 0.3 is 12.1 Å². The van der Waals surface area contributed by atoms with Crippen molar-refractivity contribution in [1.29, 1.82) is 0 Å². The van der Waals surface area contributed by atoms with Crippen LogP contribution in [0.2, 0.25) is 0 Å². The molecule has 2 atom stereocenters. The van der Waals surface area contributed by atoms with Gasteiger partial charge in [-0.3, -0.25) is 19.2 Å². The van der Waals surface area contributed by atoms with Gasteiger partial charge in [0.1, 0.15) is 25.2 Å². The van der Waals surface area contributed by atoms with Crippen molar-refractivity contribution in [2.45, 2.75) is 31.3 Å². The molecule has 1 aliphatic carbocycles. The summed E-state index contributed by atoms with van der Waals surface area (Å²) < 4.78 is 10.0. The van der Waals surface area contributed by atoms with Gasteiger partial charge in [0.2, 0.25) is 17.7 Å². The van der Waals surface area contributed by atoms with Gasteiger partial charge in [-0.1, -0.05) is 78.9 Å². The summed E-state index contributed by atoms with van der Waals surface area (Å²) in [5.41, 5.74) is 5.11. The van der Waals surface area contributed by atoms with Gasteiger partial charge < -0.3 is 30.7 Å². The summed E-state index contributed by atoms with van der Waals surface area (Å²) in [6.07, 6.45) is -0.629. The third-order valence-corrected chi connectivity index (χ3v) is 7.07. The standard InChI is InChI=1S/C32H34N4O7/c1-20(35-32(41)43-19-26-24-14-8-6-12-22(24)23-13-7-9-15-25(23)26)30(39)36-27(16-21-10-4-3-5-11-21)31(40)34-17-28(37)33-18-29(38)42-2/h3-15,20,26-27H,16-19H2,1-2H3,(H,33,37)(H,34,40)(H,35,41)(H,36,39)/t20-,27-/m0/s1. The number of amides is 4. The van der Waals surface area contributed by atoms with Crippen molar-refractivity contribution < 1.29 is 33.4 Å². The molecule has 11 nitrogen and oxygen atoms in total. The number of hydrogen-bond donors (Lipinski definition) is 4. The van der Waals surface area contributed by atoms with Gasteiger partial charge in [-0.15, -0.1) is 0 Å². The summed E-state index contributed by atoms with van der Waals surface area (Å²) in [6, 6.07) is 22.9. The molecule has 0 fully saturated rings. The normalized spacial score (nSPS) is 13.0. The van der Waals surface area contributed by atoms with Crippen LogP contribution in [-0.2, 0) is 35.1 Å². The zero-order valence-electron chi connectivity index (χ0n) is 23.9. The van der Waals surface area contributed by atoms with Gasteiger partial charge in [-0.2, -0.15) is 0 Å². The van der Waals surface area contributed by atoms with Crippen LogP contribution in [0.1, 0.15) is 29.5 Å². The molecule has 0 bridgehead atoms. The van der Waals surface area contributed by atoms with Crippen LogP contribution in [0.25, 0.3) is 11.1 Å². The predicted molar refractivity (Wildman–Crippen MR) is 158 cm³/mol. The van der Waals surface area contributed by atoms with E-state index >= 15 is 0 Å². The molecule has 0 saturated carbocycles. The summed E-state index contributed by atoms with van der Waals surface area (Å²) in [4.78, 5) is 61.9. The highest BCUT2D eigenvalue weighted by Crippen LogP contribution is 2.44. The number of fused-ring (bicyclic) bond motifs is 3. The third-order valence-electron chi connectivity index (χ3n) is 7.07. The molecule has 4 amide bonds. The number of rotatable bonds is 12. The predicted octanol–water partition coefficient (Wildman–Crippen LogP) is 2.05. The largest absolute Gasteiger partial charge is 0.468 e. The number of carbonyl (C=O) groups excluding carboxylic acids is 5. The lowest BCUT2D eigenvalue weighted by molar-refractivity contribution is -0.141. The lowest BCUT2D eigenvalue weighted by Gasteiger charge is -2.22. The molecule has 4 N–H and O–H groups in total. The summed E-state index contributed by atoms with van der Waals surface area (Å²) in [7, 11) is 1.19. The number of benzene rings is 3. The first kappa shape index (κ1) is 30.8. The fourth-order valence-corrected chi connectivity index (χ4v) is 4.83. The highest BCUT2D eigenvalue weighted by atomic mass is 16.5. The van der Waals surface area contributed by atoms with Crippen molar-refractivity contribution in [2.75, 3.05) is 26.8 Å². The van der Waals surface area contributed by atoms with E-state index in [9.17, 15) is 24.0 Å². The lowest BCUT2D eigenvalue weighted by atomic mass is 9.98. The van der Waals surface area contributed by atoms with Crippen LogP contribution in [-0.4, -0.2) is 68.7 Å². The van der Waals surface area contributed by atoms with E-state index in [1.54, 1.807) is 24.3 Å². The van der Waals surface area contributed by atoms with E-state index in [2.05, 4.69) is 26.0 Å². The quantitative estimate of drug-likeness (QED) is 0.237. The molecule has 1 aliphatic rings. The molecule has 3 aromatic carbocycles. The SMILES string of the molecule is COC(=O)CNC(=O)CNC(=O)[C@H](Cc1ccccc1)NC(=O)[C@H](C)NC(=O)OCC1c2ccccc2-c2ccccc21. The minimum absolute atomic E-state index is 0.0886. The van der Waals surface area contributed by atoms with E-state index in [0.717, 1.165) is 27.8 Å². The number of methoxy groups -OCH3 is 1. The number of nitrogens with one attached hydrogen (secondary N) is 4. The monoisotopic (exact) mass is 586 g/mol. The average Bonchev–Trinajstić information content (AvgIpc) is 3.35. The minimum Gasteiger partial charge on any atom is -0.468 e. The van der Waals surface area contributed by atoms with Gasteiger partial charge in [-0.05, 0) is 34.7 Å². The molecule has 43 heavy (non-hydrogen) atoms. The van der Waals surface area contributed by atoms with E-state index in [1.807, 2.05) is 54.6 Å². The van der Waals surface area contributed by atoms with Crippen LogP contribution >= 0.6 is 0 Å². The highest BCUT2D eigenvalue weighted by molar-refractivity contribution is 5.93. The van der Waals surface area contributed by atoms with Crippen molar-refractivity contribution in [3.63, 3.8) is 0 Å². The second-order valence-electron chi connectivity index (χ2n) is 10.0. The first-order valence-electron chi connectivity index (χ1n) is 13.8. The van der Waals surface area contributed by atoms with Crippen LogP contribution in [0.4, 0.5) is 4.79 Å². The molecule has 11 heteroatoms. The Bertz CT molecular complexity index is 1430. The summed E-state index contributed by atoms with van der Waals surface area (Å²) in [6.45, 7) is 0.818. The molecule has 3 aromatic rings. The maximum atomic E-state index is 13.0. The Morgan fingerprint density at radius 3 is 1.98 bits per heavy atom. The molecule has 0 heterocycles. The molecule has 0 spiro atoms. The number of alkyl carbamates (subject to hydrolysis) is 1. The Balaban J connectivity index is 1.32. The van der Waals surface area contributed by atoms with Gasteiger partial charge in [-0.25, -0.2) is 4.79 Å². The van der Waals surface area contributed by atoms with E-state index in [4.69, 9.17) is 4.74 Å². The average molecular weight is 587 g/mol. The topological polar surface area (TPSA) is 152 Å². The number of esters is 1. The van der Waals surface area contributed by atoms with E-state index in [1.165, 1.54) is 14.0 Å². The van der Waals surface area contributed by atoms with Crippen molar-refractivity contribution in [1.82, 2.24) is 21.3 Å². The fourth-order valence-electron chi connectivity index (χ4n) is 4.83. The van der Waals surface area contributed by atoms with E-state index in [0.29, 0.717) is 0 Å². The van der Waals surface area contributed by atoms with Crippen molar-refractivity contribution in [3.8, 4) is 11.1 Å². The zero-order chi connectivity index (χ0) is 30.8. The maximum Gasteiger partial charge on any atom is 0.407 e. The molecule has 0 saturated heterocycles. The molecular weight excluding hydrogens is 552 g/mol. The van der Waals surface area contributed by atoms with E-state index < -0.39 is 48.4 Å². The fraction of sp³-hybridized carbons (Fsp3) is 0.281. The van der Waals surface area contributed by atoms with Crippen LogP contribution in [0.3, 0.4) is 0 Å². The third kappa shape index (κ3) is 8.19. The molecule has 224 valence electrons. The molecule has 0 aromatic heterocycles. The van der Waals surface area contributed by atoms with Crippen LogP contribution < -0.4 is 21.3 Å². The van der Waals surface area contributed by atoms with Gasteiger partial charge in [0.25, 0.3) is 0 Å². The minimum atomic E-state index is -1.05. The first-order chi connectivity index (χ1) is 20.8. The summed E-state index contributed by atoms with van der Waals surface area (Å²) in [5.74, 6) is -2.59. The van der Waals surface area contributed by atoms with E-state index in [-0.39, 0.29) is 25.5 Å². The Labute approximate surface area is 249 Å². The molecule has 0 aliphatic heterocycles. The number of hydrogen-bond acceptors (Lipinski definition) is 7. The van der Waals surface area contributed by atoms with Crippen LogP contribution in [0.5, 0.6) is 0 Å².